The number of likely N-dealkylation sites (tertiary alicyclic amines) is 1. The van der Waals surface area contributed by atoms with Gasteiger partial charge in [-0.05, 0) is 68.4 Å². The van der Waals surface area contributed by atoms with Crippen molar-refractivity contribution in [1.29, 1.82) is 0 Å². The predicted octanol–water partition coefficient (Wildman–Crippen LogP) is 5.19. The van der Waals surface area contributed by atoms with Crippen molar-refractivity contribution in [3.8, 4) is 11.4 Å². The van der Waals surface area contributed by atoms with E-state index in [1.807, 2.05) is 23.6 Å². The number of aliphatic carboxylic acids is 1. The van der Waals surface area contributed by atoms with Crippen molar-refractivity contribution in [2.75, 3.05) is 30.8 Å². The van der Waals surface area contributed by atoms with Crippen molar-refractivity contribution in [2.24, 2.45) is 5.92 Å². The molecule has 0 spiro atoms. The third kappa shape index (κ3) is 7.14. The molecule has 2 N–H and O–H groups in total. The maximum absolute atomic E-state index is 12.7. The maximum atomic E-state index is 12.7. The second-order valence-electron chi connectivity index (χ2n) is 10.1. The molecular formula is C28H29Cl2N5O5S. The molecule has 0 bridgehead atoms. The van der Waals surface area contributed by atoms with Gasteiger partial charge in [0.1, 0.15) is 11.6 Å². The zero-order valence-electron chi connectivity index (χ0n) is 22.3. The van der Waals surface area contributed by atoms with E-state index in [2.05, 4.69) is 21.6 Å². The second kappa shape index (κ2) is 12.7. The third-order valence-corrected chi connectivity index (χ3v) is 8.71. The van der Waals surface area contributed by atoms with Gasteiger partial charge in [-0.3, -0.25) is 19.0 Å². The average molecular weight is 619 g/mol. The third-order valence-electron chi connectivity index (χ3n) is 7.16. The fourth-order valence-electron chi connectivity index (χ4n) is 4.70. The minimum absolute atomic E-state index is 0.0670. The normalized spacial score (nSPS) is 15.5. The molecule has 0 radical (unpaired) electrons. The first-order valence-corrected chi connectivity index (χ1v) is 15.0. The Hall–Kier alpha value is -3.28. The number of hydrogen-bond acceptors (Lipinski definition) is 7. The lowest BCUT2D eigenvalue weighted by atomic mass is 9.97. The summed E-state index contributed by atoms with van der Waals surface area (Å²) in [5, 5.41) is 21.7. The largest absolute Gasteiger partial charge is 0.484 e. The van der Waals surface area contributed by atoms with Crippen molar-refractivity contribution >= 4 is 58.4 Å². The van der Waals surface area contributed by atoms with Gasteiger partial charge in [-0.1, -0.05) is 41.0 Å². The summed E-state index contributed by atoms with van der Waals surface area (Å²) < 4.78 is 7.43. The first kappa shape index (κ1) is 29.2. The van der Waals surface area contributed by atoms with Crippen molar-refractivity contribution < 1.29 is 24.2 Å². The average Bonchev–Trinajstić information content (AvgIpc) is 3.75. The Morgan fingerprint density at radius 2 is 1.80 bits per heavy atom. The lowest BCUT2D eigenvalue weighted by Crippen LogP contribution is -2.42. The molecule has 41 heavy (non-hydrogen) atoms. The van der Waals surface area contributed by atoms with E-state index >= 15 is 0 Å². The van der Waals surface area contributed by atoms with E-state index in [-0.39, 0.29) is 29.2 Å². The Bertz CT molecular complexity index is 1470. The Balaban J connectivity index is 1.13. The van der Waals surface area contributed by atoms with E-state index < -0.39 is 11.9 Å². The van der Waals surface area contributed by atoms with Gasteiger partial charge in [0.2, 0.25) is 5.91 Å². The number of carbonyl (C=O) groups is 3. The Morgan fingerprint density at radius 1 is 1.05 bits per heavy atom. The van der Waals surface area contributed by atoms with Crippen LogP contribution in [0.1, 0.15) is 43.0 Å². The molecule has 2 aromatic carbocycles. The Kier molecular flexibility index (Phi) is 9.06. The molecule has 2 amide bonds. The number of amides is 2. The molecular weight excluding hydrogens is 589 g/mol. The molecule has 2 heterocycles. The fraction of sp³-hybridized carbons (Fsp3) is 0.393. The van der Waals surface area contributed by atoms with Crippen LogP contribution >= 0.6 is 35.0 Å². The van der Waals surface area contributed by atoms with Gasteiger partial charge < -0.3 is 20.1 Å². The van der Waals surface area contributed by atoms with Crippen LogP contribution in [0.25, 0.3) is 5.69 Å². The summed E-state index contributed by atoms with van der Waals surface area (Å²) in [4.78, 5) is 37.9. The highest BCUT2D eigenvalue weighted by Crippen LogP contribution is 2.42. The minimum Gasteiger partial charge on any atom is -0.484 e. The summed E-state index contributed by atoms with van der Waals surface area (Å²) >= 11 is 14.2. The highest BCUT2D eigenvalue weighted by molar-refractivity contribution is 7.99. The number of anilines is 1. The highest BCUT2D eigenvalue weighted by atomic mass is 35.5. The maximum Gasteiger partial charge on any atom is 0.306 e. The zero-order valence-corrected chi connectivity index (χ0v) is 24.6. The molecule has 1 aliphatic heterocycles. The number of nitrogens with one attached hydrogen (secondary N) is 1. The molecule has 0 atom stereocenters. The van der Waals surface area contributed by atoms with Gasteiger partial charge in [-0.2, -0.15) is 0 Å². The SMILES string of the molecule is Cc1nnc(SCC(=O)Nc2ccc(OCC(=O)N3CCC(C(=O)O)CC3)cc2Cl)n1-c1ccc(C2CC2)cc1Cl. The number of nitrogens with zero attached hydrogens (tertiary/aromatic N) is 4. The van der Waals surface area contributed by atoms with Gasteiger partial charge in [0.05, 0.1) is 33.1 Å². The number of ether oxygens (including phenoxy) is 1. The number of halogens is 2. The van der Waals surface area contributed by atoms with Crippen LogP contribution in [0.2, 0.25) is 10.0 Å². The molecule has 10 nitrogen and oxygen atoms in total. The van der Waals surface area contributed by atoms with Crippen LogP contribution in [0, 0.1) is 12.8 Å². The lowest BCUT2D eigenvalue weighted by molar-refractivity contribution is -0.146. The van der Waals surface area contributed by atoms with E-state index in [1.165, 1.54) is 36.2 Å². The first-order valence-electron chi connectivity index (χ1n) is 13.3. The van der Waals surface area contributed by atoms with Crippen LogP contribution in [0.4, 0.5) is 5.69 Å². The predicted molar refractivity (Wildman–Crippen MR) is 156 cm³/mol. The summed E-state index contributed by atoms with van der Waals surface area (Å²) in [7, 11) is 0. The van der Waals surface area contributed by atoms with Gasteiger partial charge in [0.15, 0.2) is 11.8 Å². The van der Waals surface area contributed by atoms with Gasteiger partial charge in [0.25, 0.3) is 5.91 Å². The van der Waals surface area contributed by atoms with Gasteiger partial charge in [0, 0.05) is 19.2 Å². The number of piperidine rings is 1. The van der Waals surface area contributed by atoms with Gasteiger partial charge >= 0.3 is 5.97 Å². The number of benzene rings is 2. The molecule has 0 unspecified atom stereocenters. The number of thioether (sulfide) groups is 1. The highest BCUT2D eigenvalue weighted by Gasteiger charge is 2.27. The number of rotatable bonds is 10. The van der Waals surface area contributed by atoms with E-state index in [9.17, 15) is 14.4 Å². The summed E-state index contributed by atoms with van der Waals surface area (Å²) in [6, 6.07) is 10.8. The van der Waals surface area contributed by atoms with Gasteiger partial charge in [-0.25, -0.2) is 0 Å². The van der Waals surface area contributed by atoms with E-state index in [1.54, 1.807) is 17.0 Å². The number of carboxylic acid groups (broad SMARTS) is 1. The number of aryl methyl sites for hydroxylation is 1. The first-order chi connectivity index (χ1) is 19.7. The molecule has 1 aliphatic carbocycles. The number of hydrogen-bond donors (Lipinski definition) is 2. The zero-order chi connectivity index (χ0) is 29.1. The molecule has 216 valence electrons. The van der Waals surface area contributed by atoms with E-state index in [4.69, 9.17) is 33.0 Å². The van der Waals surface area contributed by atoms with E-state index in [0.29, 0.717) is 59.3 Å². The molecule has 2 fully saturated rings. The number of carbonyl (C=O) groups excluding carboxylic acids is 2. The summed E-state index contributed by atoms with van der Waals surface area (Å²) in [5.74, 6) is -0.0461. The molecule has 1 saturated carbocycles. The summed E-state index contributed by atoms with van der Waals surface area (Å²) in [6.45, 7) is 2.42. The summed E-state index contributed by atoms with van der Waals surface area (Å²) in [5.41, 5.74) is 2.40. The second-order valence-corrected chi connectivity index (χ2v) is 11.9. The number of aromatic nitrogens is 3. The topological polar surface area (TPSA) is 127 Å². The molecule has 13 heteroatoms. The van der Waals surface area contributed by atoms with Crippen LogP contribution in [-0.2, 0) is 14.4 Å². The minimum atomic E-state index is -0.828. The fourth-order valence-corrected chi connectivity index (χ4v) is 5.99. The summed E-state index contributed by atoms with van der Waals surface area (Å²) in [6.07, 6.45) is 3.24. The van der Waals surface area contributed by atoms with Crippen LogP contribution < -0.4 is 10.1 Å². The monoisotopic (exact) mass is 617 g/mol. The molecule has 1 aromatic heterocycles. The lowest BCUT2D eigenvalue weighted by Gasteiger charge is -2.30. The van der Waals surface area contributed by atoms with Crippen LogP contribution in [0.5, 0.6) is 5.75 Å². The van der Waals surface area contributed by atoms with Crippen molar-refractivity contribution in [3.05, 3.63) is 57.8 Å². The molecule has 3 aromatic rings. The van der Waals surface area contributed by atoms with Crippen LogP contribution in [0.15, 0.2) is 41.6 Å². The van der Waals surface area contributed by atoms with Crippen molar-refractivity contribution in [3.63, 3.8) is 0 Å². The van der Waals surface area contributed by atoms with Crippen LogP contribution in [0.3, 0.4) is 0 Å². The Morgan fingerprint density at radius 3 is 2.46 bits per heavy atom. The molecule has 1 saturated heterocycles. The Labute approximate surface area is 251 Å². The molecule has 5 rings (SSSR count). The molecule has 2 aliphatic rings. The van der Waals surface area contributed by atoms with Crippen LogP contribution in [-0.4, -0.2) is 68.0 Å². The number of carboxylic acids is 1. The van der Waals surface area contributed by atoms with Gasteiger partial charge in [-0.15, -0.1) is 10.2 Å². The van der Waals surface area contributed by atoms with Crippen molar-refractivity contribution in [2.45, 2.75) is 43.7 Å². The van der Waals surface area contributed by atoms with Crippen molar-refractivity contribution in [1.82, 2.24) is 19.7 Å². The smallest absolute Gasteiger partial charge is 0.306 e. The standard InChI is InChI=1S/C28H29Cl2N5O5S/c1-16-32-33-28(35(16)24-7-4-19(12-22(24)30)17-2-3-17)41-15-25(36)31-23-6-5-20(13-21(23)29)40-14-26(37)34-10-8-18(9-11-34)27(38)39/h4-7,12-13,17-18H,2-3,8-11,14-15H2,1H3,(H,31,36)(H,38,39). The quantitative estimate of drug-likeness (QED) is 0.297. The van der Waals surface area contributed by atoms with E-state index in [0.717, 1.165) is 5.69 Å².